The summed E-state index contributed by atoms with van der Waals surface area (Å²) >= 11 is 0. The summed E-state index contributed by atoms with van der Waals surface area (Å²) in [5, 5.41) is 2.81. The van der Waals surface area contributed by atoms with E-state index in [0.29, 0.717) is 54.7 Å². The Morgan fingerprint density at radius 2 is 1.61 bits per heavy atom. The molecule has 0 unspecified atom stereocenters. The molecular formula is C21H26N2O7S. The van der Waals surface area contributed by atoms with Crippen LogP contribution in [0.2, 0.25) is 0 Å². The van der Waals surface area contributed by atoms with Crippen LogP contribution in [0.1, 0.15) is 15.9 Å². The summed E-state index contributed by atoms with van der Waals surface area (Å²) in [6, 6.07) is 9.38. The number of hydrogen-bond acceptors (Lipinski definition) is 7. The smallest absolute Gasteiger partial charge is 0.251 e. The fraction of sp³-hybridized carbons (Fsp3) is 0.381. The molecule has 0 bridgehead atoms. The standard InChI is InChI=1S/C21H26N2O7S/c1-27-18-9-6-16(19(28-2)20(18)29-3)14-22-21(24)15-4-7-17(8-5-15)31(25,26)23-10-12-30-13-11-23/h4-9H,10-14H2,1-3H3,(H,22,24). The fourth-order valence-electron chi connectivity index (χ4n) is 3.29. The van der Waals surface area contributed by atoms with Gasteiger partial charge in [-0.3, -0.25) is 4.79 Å². The van der Waals surface area contributed by atoms with Gasteiger partial charge in [-0.2, -0.15) is 4.31 Å². The minimum atomic E-state index is -3.60. The second kappa shape index (κ2) is 9.99. The lowest BCUT2D eigenvalue weighted by atomic mass is 10.1. The maximum absolute atomic E-state index is 12.7. The quantitative estimate of drug-likeness (QED) is 0.652. The van der Waals surface area contributed by atoms with Crippen molar-refractivity contribution in [3.8, 4) is 17.2 Å². The van der Waals surface area contributed by atoms with Gasteiger partial charge in [0.1, 0.15) is 0 Å². The molecule has 1 saturated heterocycles. The number of ether oxygens (including phenoxy) is 4. The molecule has 0 aromatic heterocycles. The molecule has 31 heavy (non-hydrogen) atoms. The summed E-state index contributed by atoms with van der Waals surface area (Å²) in [5.41, 5.74) is 1.06. The topological polar surface area (TPSA) is 103 Å². The molecule has 10 heteroatoms. The normalized spacial score (nSPS) is 14.7. The number of rotatable bonds is 8. The summed E-state index contributed by atoms with van der Waals surface area (Å²) < 4.78 is 48.0. The minimum Gasteiger partial charge on any atom is -0.493 e. The summed E-state index contributed by atoms with van der Waals surface area (Å²) in [5.74, 6) is 1.09. The average molecular weight is 451 g/mol. The van der Waals surface area contributed by atoms with Crippen molar-refractivity contribution in [2.45, 2.75) is 11.4 Å². The van der Waals surface area contributed by atoms with Crippen molar-refractivity contribution in [3.05, 3.63) is 47.5 Å². The van der Waals surface area contributed by atoms with Gasteiger partial charge in [0.05, 0.1) is 39.4 Å². The molecular weight excluding hydrogens is 424 g/mol. The number of carbonyl (C=O) groups excluding carboxylic acids is 1. The number of benzene rings is 2. The van der Waals surface area contributed by atoms with Crippen LogP contribution in [0.4, 0.5) is 0 Å². The van der Waals surface area contributed by atoms with Crippen molar-refractivity contribution in [2.24, 2.45) is 0 Å². The third kappa shape index (κ3) is 4.92. The molecule has 0 atom stereocenters. The highest BCUT2D eigenvalue weighted by atomic mass is 32.2. The predicted molar refractivity (Wildman–Crippen MR) is 113 cm³/mol. The van der Waals surface area contributed by atoms with Crippen molar-refractivity contribution < 1.29 is 32.2 Å². The van der Waals surface area contributed by atoms with Gasteiger partial charge in [0.15, 0.2) is 11.5 Å². The molecule has 2 aromatic carbocycles. The highest BCUT2D eigenvalue weighted by molar-refractivity contribution is 7.89. The first kappa shape index (κ1) is 22.9. The molecule has 1 N–H and O–H groups in total. The zero-order valence-electron chi connectivity index (χ0n) is 17.7. The van der Waals surface area contributed by atoms with Crippen LogP contribution < -0.4 is 19.5 Å². The minimum absolute atomic E-state index is 0.146. The number of nitrogens with one attached hydrogen (secondary N) is 1. The third-order valence-corrected chi connectivity index (χ3v) is 6.86. The van der Waals surface area contributed by atoms with Crippen LogP contribution >= 0.6 is 0 Å². The number of amides is 1. The Balaban J connectivity index is 1.70. The predicted octanol–water partition coefficient (Wildman–Crippen LogP) is 1.66. The summed E-state index contributed by atoms with van der Waals surface area (Å²) in [6.45, 7) is 1.57. The molecule has 0 spiro atoms. The summed E-state index contributed by atoms with van der Waals surface area (Å²) in [4.78, 5) is 12.7. The molecule has 9 nitrogen and oxygen atoms in total. The van der Waals surface area contributed by atoms with Gasteiger partial charge < -0.3 is 24.3 Å². The molecule has 0 radical (unpaired) electrons. The van der Waals surface area contributed by atoms with E-state index in [9.17, 15) is 13.2 Å². The van der Waals surface area contributed by atoms with E-state index in [1.165, 1.54) is 49.9 Å². The Labute approximate surface area is 181 Å². The van der Waals surface area contributed by atoms with Gasteiger partial charge >= 0.3 is 0 Å². The molecule has 1 aliphatic heterocycles. The maximum Gasteiger partial charge on any atom is 0.251 e. The molecule has 1 amide bonds. The van der Waals surface area contributed by atoms with Crippen molar-refractivity contribution >= 4 is 15.9 Å². The first-order valence-electron chi connectivity index (χ1n) is 9.66. The second-order valence-electron chi connectivity index (χ2n) is 6.72. The van der Waals surface area contributed by atoms with E-state index in [2.05, 4.69) is 5.32 Å². The zero-order valence-corrected chi connectivity index (χ0v) is 18.5. The Hall–Kier alpha value is -2.82. The van der Waals surface area contributed by atoms with Crippen molar-refractivity contribution in [1.82, 2.24) is 9.62 Å². The van der Waals surface area contributed by atoms with E-state index in [1.54, 1.807) is 12.1 Å². The zero-order chi connectivity index (χ0) is 22.4. The molecule has 3 rings (SSSR count). The number of methoxy groups -OCH3 is 3. The highest BCUT2D eigenvalue weighted by Gasteiger charge is 2.26. The highest BCUT2D eigenvalue weighted by Crippen LogP contribution is 2.39. The number of carbonyl (C=O) groups is 1. The fourth-order valence-corrected chi connectivity index (χ4v) is 4.70. The van der Waals surface area contributed by atoms with Gasteiger partial charge in [0.2, 0.25) is 15.8 Å². The number of hydrogen-bond donors (Lipinski definition) is 1. The van der Waals surface area contributed by atoms with Gasteiger partial charge in [-0.1, -0.05) is 0 Å². The molecule has 1 aliphatic rings. The van der Waals surface area contributed by atoms with Gasteiger partial charge in [0, 0.05) is 30.8 Å². The molecule has 2 aromatic rings. The van der Waals surface area contributed by atoms with Gasteiger partial charge in [-0.15, -0.1) is 0 Å². The SMILES string of the molecule is COc1ccc(CNC(=O)c2ccc(S(=O)(=O)N3CCOCC3)cc2)c(OC)c1OC. The number of morpholine rings is 1. The maximum atomic E-state index is 12.7. The third-order valence-electron chi connectivity index (χ3n) is 4.95. The van der Waals surface area contributed by atoms with Crippen molar-refractivity contribution in [3.63, 3.8) is 0 Å². The second-order valence-corrected chi connectivity index (χ2v) is 8.65. The number of sulfonamides is 1. The van der Waals surface area contributed by atoms with Crippen LogP contribution in [0.5, 0.6) is 17.2 Å². The molecule has 0 aliphatic carbocycles. The lowest BCUT2D eigenvalue weighted by Crippen LogP contribution is -2.40. The lowest BCUT2D eigenvalue weighted by Gasteiger charge is -2.26. The van der Waals surface area contributed by atoms with Crippen LogP contribution in [0.3, 0.4) is 0 Å². The monoisotopic (exact) mass is 450 g/mol. The van der Waals surface area contributed by atoms with Gasteiger partial charge in [-0.05, 0) is 36.4 Å². The van der Waals surface area contributed by atoms with Gasteiger partial charge in [0.25, 0.3) is 5.91 Å². The van der Waals surface area contributed by atoms with Crippen LogP contribution in [0.15, 0.2) is 41.3 Å². The lowest BCUT2D eigenvalue weighted by molar-refractivity contribution is 0.0730. The van der Waals surface area contributed by atoms with Crippen molar-refractivity contribution in [2.75, 3.05) is 47.6 Å². The Kier molecular flexibility index (Phi) is 7.37. The van der Waals surface area contributed by atoms with Crippen LogP contribution in [0, 0.1) is 0 Å². The largest absolute Gasteiger partial charge is 0.493 e. The van der Waals surface area contributed by atoms with Crippen LogP contribution in [-0.4, -0.2) is 66.3 Å². The Morgan fingerprint density at radius 3 is 2.19 bits per heavy atom. The van der Waals surface area contributed by atoms with E-state index in [0.717, 1.165) is 0 Å². The van der Waals surface area contributed by atoms with Crippen LogP contribution in [-0.2, 0) is 21.3 Å². The first-order chi connectivity index (χ1) is 14.9. The molecule has 168 valence electrons. The van der Waals surface area contributed by atoms with E-state index in [-0.39, 0.29) is 17.3 Å². The molecule has 0 saturated carbocycles. The van der Waals surface area contributed by atoms with Gasteiger partial charge in [-0.25, -0.2) is 8.42 Å². The van der Waals surface area contributed by atoms with Crippen molar-refractivity contribution in [1.29, 1.82) is 0 Å². The van der Waals surface area contributed by atoms with E-state index in [4.69, 9.17) is 18.9 Å². The summed E-state index contributed by atoms with van der Waals surface area (Å²) in [7, 11) is 0.945. The Bertz CT molecular complexity index is 1020. The molecule has 1 fully saturated rings. The average Bonchev–Trinajstić information content (AvgIpc) is 2.82. The van der Waals surface area contributed by atoms with E-state index >= 15 is 0 Å². The van der Waals surface area contributed by atoms with E-state index < -0.39 is 10.0 Å². The Morgan fingerprint density at radius 1 is 0.968 bits per heavy atom. The first-order valence-corrected chi connectivity index (χ1v) is 11.1. The van der Waals surface area contributed by atoms with Crippen LogP contribution in [0.25, 0.3) is 0 Å². The molecule has 1 heterocycles. The van der Waals surface area contributed by atoms with E-state index in [1.807, 2.05) is 0 Å². The number of nitrogens with zero attached hydrogens (tertiary/aromatic N) is 1. The summed E-state index contributed by atoms with van der Waals surface area (Å²) in [6.07, 6.45) is 0.